The smallest absolute Gasteiger partial charge is 0.321 e. The molecule has 106 valence electrons. The largest absolute Gasteiger partial charge is 0.465 e. The molecular weight excluding hydrogens is 248 g/mol. The van der Waals surface area contributed by atoms with Crippen LogP contribution in [0.2, 0.25) is 0 Å². The number of hydrogen-bond acceptors (Lipinski definition) is 6. The maximum absolute atomic E-state index is 11.9. The summed E-state index contributed by atoms with van der Waals surface area (Å²) >= 11 is 0. The third-order valence-electron chi connectivity index (χ3n) is 3.29. The van der Waals surface area contributed by atoms with E-state index in [1.807, 2.05) is 13.8 Å². The summed E-state index contributed by atoms with van der Waals surface area (Å²) < 4.78 is 15.8. The molecule has 0 spiro atoms. The summed E-state index contributed by atoms with van der Waals surface area (Å²) in [6, 6.07) is 0. The molecule has 1 heterocycles. The highest BCUT2D eigenvalue weighted by Crippen LogP contribution is 2.48. The first-order valence-electron chi connectivity index (χ1n) is 6.80. The van der Waals surface area contributed by atoms with E-state index >= 15 is 0 Å². The maximum Gasteiger partial charge on any atom is 0.321 e. The molecule has 0 N–H and O–H groups in total. The molecule has 1 aromatic heterocycles. The van der Waals surface area contributed by atoms with Crippen molar-refractivity contribution in [2.45, 2.75) is 51.6 Å². The zero-order chi connectivity index (χ0) is 13.9. The Kier molecular flexibility index (Phi) is 4.19. The molecule has 0 saturated heterocycles. The SMILES string of the molecule is CCOC(=O)C1(c2nc(C(CC)OCC)no2)CC1. The Morgan fingerprint density at radius 1 is 1.37 bits per heavy atom. The van der Waals surface area contributed by atoms with Gasteiger partial charge in [-0.15, -0.1) is 0 Å². The second kappa shape index (κ2) is 5.69. The minimum Gasteiger partial charge on any atom is -0.465 e. The lowest BCUT2D eigenvalue weighted by Crippen LogP contribution is -2.23. The van der Waals surface area contributed by atoms with Crippen LogP contribution in [-0.2, 0) is 19.7 Å². The van der Waals surface area contributed by atoms with E-state index < -0.39 is 5.41 Å². The lowest BCUT2D eigenvalue weighted by Gasteiger charge is -2.10. The minimum atomic E-state index is -0.703. The van der Waals surface area contributed by atoms with Crippen molar-refractivity contribution in [3.05, 3.63) is 11.7 Å². The molecule has 1 atom stereocenters. The highest BCUT2D eigenvalue weighted by molar-refractivity contribution is 5.85. The second-order valence-corrected chi connectivity index (χ2v) is 4.61. The molecule has 6 heteroatoms. The number of esters is 1. The van der Waals surface area contributed by atoms with E-state index in [2.05, 4.69) is 10.1 Å². The number of carbonyl (C=O) groups is 1. The van der Waals surface area contributed by atoms with E-state index in [4.69, 9.17) is 14.0 Å². The van der Waals surface area contributed by atoms with E-state index in [1.165, 1.54) is 0 Å². The van der Waals surface area contributed by atoms with E-state index in [9.17, 15) is 4.79 Å². The summed E-state index contributed by atoms with van der Waals surface area (Å²) in [6.45, 7) is 6.65. The molecular formula is C13H20N2O4. The average molecular weight is 268 g/mol. The molecule has 2 rings (SSSR count). The zero-order valence-corrected chi connectivity index (χ0v) is 11.6. The Bertz CT molecular complexity index is 440. The molecule has 1 aliphatic carbocycles. The minimum absolute atomic E-state index is 0.180. The van der Waals surface area contributed by atoms with Crippen molar-refractivity contribution >= 4 is 5.97 Å². The molecule has 0 bridgehead atoms. The van der Waals surface area contributed by atoms with Crippen LogP contribution in [0.1, 0.15) is 57.9 Å². The Morgan fingerprint density at radius 2 is 2.11 bits per heavy atom. The van der Waals surface area contributed by atoms with Gasteiger partial charge in [0.1, 0.15) is 11.5 Å². The van der Waals surface area contributed by atoms with E-state index in [0.717, 1.165) is 6.42 Å². The monoisotopic (exact) mass is 268 g/mol. The summed E-state index contributed by atoms with van der Waals surface area (Å²) in [4.78, 5) is 16.3. The zero-order valence-electron chi connectivity index (χ0n) is 11.6. The van der Waals surface area contributed by atoms with Gasteiger partial charge in [-0.2, -0.15) is 4.98 Å². The fraction of sp³-hybridized carbons (Fsp3) is 0.769. The number of rotatable bonds is 7. The van der Waals surface area contributed by atoms with Crippen LogP contribution in [0, 0.1) is 0 Å². The number of hydrogen-bond donors (Lipinski definition) is 0. The third-order valence-corrected chi connectivity index (χ3v) is 3.29. The van der Waals surface area contributed by atoms with Gasteiger partial charge in [-0.25, -0.2) is 0 Å². The predicted octanol–water partition coefficient (Wildman–Crippen LogP) is 2.15. The van der Waals surface area contributed by atoms with Gasteiger partial charge < -0.3 is 14.0 Å². The summed E-state index contributed by atoms with van der Waals surface area (Å²) in [5.41, 5.74) is -0.703. The van der Waals surface area contributed by atoms with Crippen LogP contribution in [0.15, 0.2) is 4.52 Å². The van der Waals surface area contributed by atoms with Gasteiger partial charge in [-0.1, -0.05) is 12.1 Å². The first-order valence-corrected chi connectivity index (χ1v) is 6.80. The van der Waals surface area contributed by atoms with Crippen molar-refractivity contribution in [2.24, 2.45) is 0 Å². The predicted molar refractivity (Wildman–Crippen MR) is 66.5 cm³/mol. The number of carbonyl (C=O) groups excluding carboxylic acids is 1. The standard InChI is InChI=1S/C13H20N2O4/c1-4-9(17-5-2)10-14-11(19-15-10)13(7-8-13)12(16)18-6-3/h9H,4-8H2,1-3H3. The van der Waals surface area contributed by atoms with Gasteiger partial charge in [0.05, 0.1) is 6.61 Å². The molecule has 0 radical (unpaired) electrons. The van der Waals surface area contributed by atoms with Crippen LogP contribution in [0.25, 0.3) is 0 Å². The number of ether oxygens (including phenoxy) is 2. The molecule has 1 aromatic rings. The molecule has 0 aliphatic heterocycles. The van der Waals surface area contributed by atoms with Crippen molar-refractivity contribution < 1.29 is 18.8 Å². The van der Waals surface area contributed by atoms with Gasteiger partial charge in [0.15, 0.2) is 0 Å². The fourth-order valence-corrected chi connectivity index (χ4v) is 2.04. The molecule has 6 nitrogen and oxygen atoms in total. The van der Waals surface area contributed by atoms with Gasteiger partial charge in [0.2, 0.25) is 11.7 Å². The van der Waals surface area contributed by atoms with Crippen LogP contribution in [0.4, 0.5) is 0 Å². The Hall–Kier alpha value is -1.43. The highest BCUT2D eigenvalue weighted by Gasteiger charge is 2.57. The molecule has 1 aliphatic rings. The maximum atomic E-state index is 11.9. The lowest BCUT2D eigenvalue weighted by molar-refractivity contribution is -0.146. The van der Waals surface area contributed by atoms with Crippen molar-refractivity contribution in [3.63, 3.8) is 0 Å². The van der Waals surface area contributed by atoms with E-state index in [1.54, 1.807) is 6.92 Å². The fourth-order valence-electron chi connectivity index (χ4n) is 2.04. The van der Waals surface area contributed by atoms with Gasteiger partial charge in [0, 0.05) is 6.61 Å². The van der Waals surface area contributed by atoms with Crippen molar-refractivity contribution in [1.29, 1.82) is 0 Å². The van der Waals surface area contributed by atoms with Gasteiger partial charge >= 0.3 is 5.97 Å². The van der Waals surface area contributed by atoms with E-state index in [0.29, 0.717) is 37.8 Å². The first kappa shape index (κ1) is 14.0. The molecule has 0 aromatic carbocycles. The summed E-state index contributed by atoms with van der Waals surface area (Å²) in [6.07, 6.45) is 2.00. The Labute approximate surface area is 112 Å². The van der Waals surface area contributed by atoms with Gasteiger partial charge in [-0.05, 0) is 33.1 Å². The molecule has 1 saturated carbocycles. The summed E-state index contributed by atoms with van der Waals surface area (Å²) in [7, 11) is 0. The molecule has 1 unspecified atom stereocenters. The number of nitrogens with zero attached hydrogens (tertiary/aromatic N) is 2. The molecule has 1 fully saturated rings. The van der Waals surface area contributed by atoms with E-state index in [-0.39, 0.29) is 12.1 Å². The Balaban J connectivity index is 2.14. The summed E-state index contributed by atoms with van der Waals surface area (Å²) in [5.74, 6) is 0.601. The molecule has 0 amide bonds. The average Bonchev–Trinajstić information content (AvgIpc) is 3.08. The van der Waals surface area contributed by atoms with Crippen LogP contribution < -0.4 is 0 Å². The van der Waals surface area contributed by atoms with Crippen molar-refractivity contribution in [2.75, 3.05) is 13.2 Å². The van der Waals surface area contributed by atoms with Crippen molar-refractivity contribution in [3.8, 4) is 0 Å². The quantitative estimate of drug-likeness (QED) is 0.705. The topological polar surface area (TPSA) is 74.5 Å². The molecule has 19 heavy (non-hydrogen) atoms. The summed E-state index contributed by atoms with van der Waals surface area (Å²) in [5, 5.41) is 3.94. The van der Waals surface area contributed by atoms with Gasteiger partial charge in [0.25, 0.3) is 0 Å². The van der Waals surface area contributed by atoms with Crippen LogP contribution in [0.5, 0.6) is 0 Å². The highest BCUT2D eigenvalue weighted by atomic mass is 16.5. The van der Waals surface area contributed by atoms with Crippen LogP contribution >= 0.6 is 0 Å². The lowest BCUT2D eigenvalue weighted by atomic mass is 10.1. The van der Waals surface area contributed by atoms with Crippen LogP contribution in [-0.4, -0.2) is 29.3 Å². The van der Waals surface area contributed by atoms with Crippen LogP contribution in [0.3, 0.4) is 0 Å². The normalized spacial score (nSPS) is 18.1. The number of aromatic nitrogens is 2. The Morgan fingerprint density at radius 3 is 2.63 bits per heavy atom. The first-order chi connectivity index (χ1) is 9.17. The third kappa shape index (κ3) is 2.63. The van der Waals surface area contributed by atoms with Crippen molar-refractivity contribution in [1.82, 2.24) is 10.1 Å². The van der Waals surface area contributed by atoms with Gasteiger partial charge in [-0.3, -0.25) is 4.79 Å². The second-order valence-electron chi connectivity index (χ2n) is 4.61.